The van der Waals surface area contributed by atoms with E-state index in [1.807, 2.05) is 55.3 Å². The molecule has 0 aliphatic carbocycles. The number of imidazole rings is 1. The Morgan fingerprint density at radius 3 is 2.56 bits per heavy atom. The molecule has 1 fully saturated rings. The first-order valence-corrected chi connectivity index (χ1v) is 8.35. The van der Waals surface area contributed by atoms with Crippen molar-refractivity contribution in [2.24, 2.45) is 7.05 Å². The van der Waals surface area contributed by atoms with Crippen LogP contribution in [0, 0.1) is 0 Å². The van der Waals surface area contributed by atoms with Crippen LogP contribution in [0.4, 0.5) is 0 Å². The lowest BCUT2D eigenvalue weighted by Crippen LogP contribution is -2.21. The van der Waals surface area contributed by atoms with Gasteiger partial charge in [0.15, 0.2) is 11.6 Å². The van der Waals surface area contributed by atoms with Gasteiger partial charge in [-0.15, -0.1) is 0 Å². The average molecular weight is 337 g/mol. The Morgan fingerprint density at radius 2 is 1.92 bits per heavy atom. The van der Waals surface area contributed by atoms with E-state index in [-0.39, 0.29) is 5.69 Å². The van der Waals surface area contributed by atoms with Crippen LogP contribution in [-0.2, 0) is 11.8 Å². The molecule has 3 rings (SSSR count). The van der Waals surface area contributed by atoms with E-state index in [1.54, 1.807) is 16.2 Å². The number of benzene rings is 1. The van der Waals surface area contributed by atoms with Crippen LogP contribution in [-0.4, -0.2) is 21.1 Å². The van der Waals surface area contributed by atoms with Gasteiger partial charge in [0.25, 0.3) is 0 Å². The fraction of sp³-hybridized carbons (Fsp3) is 0.250. The molecule has 5 heteroatoms. The van der Waals surface area contributed by atoms with Gasteiger partial charge >= 0.3 is 5.69 Å². The summed E-state index contributed by atoms with van der Waals surface area (Å²) in [4.78, 5) is 14.7. The molecule has 0 saturated carbocycles. The molecular formula is C20H23N3O2. The number of nitrogens with zero attached hydrogens (tertiary/aromatic N) is 3. The first-order chi connectivity index (χ1) is 12.0. The summed E-state index contributed by atoms with van der Waals surface area (Å²) in [5, 5.41) is 0. The highest BCUT2D eigenvalue weighted by molar-refractivity contribution is 5.81. The smallest absolute Gasteiger partial charge is 0.333 e. The third-order valence-electron chi connectivity index (χ3n) is 4.41. The first kappa shape index (κ1) is 16.9. The minimum atomic E-state index is -0.0858. The van der Waals surface area contributed by atoms with Crippen molar-refractivity contribution in [3.63, 3.8) is 0 Å². The summed E-state index contributed by atoms with van der Waals surface area (Å²) >= 11 is 0. The molecule has 1 aromatic carbocycles. The van der Waals surface area contributed by atoms with Crippen molar-refractivity contribution < 1.29 is 4.74 Å². The van der Waals surface area contributed by atoms with Crippen LogP contribution in [0.2, 0.25) is 0 Å². The molecule has 25 heavy (non-hydrogen) atoms. The van der Waals surface area contributed by atoms with Gasteiger partial charge in [-0.3, -0.25) is 9.13 Å². The maximum Gasteiger partial charge on any atom is 0.333 e. The van der Waals surface area contributed by atoms with Crippen molar-refractivity contribution in [2.45, 2.75) is 20.3 Å². The zero-order chi connectivity index (χ0) is 18.1. The van der Waals surface area contributed by atoms with Crippen molar-refractivity contribution in [3.8, 4) is 0 Å². The number of allylic oxidation sites excluding steroid dienone is 4. The van der Waals surface area contributed by atoms with Gasteiger partial charge in [-0.1, -0.05) is 31.2 Å². The highest BCUT2D eigenvalue weighted by Gasteiger charge is 2.25. The summed E-state index contributed by atoms with van der Waals surface area (Å²) in [6.07, 6.45) is 6.77. The number of aryl methyl sites for hydroxylation is 1. The van der Waals surface area contributed by atoms with E-state index in [0.29, 0.717) is 11.6 Å². The van der Waals surface area contributed by atoms with Gasteiger partial charge in [0.2, 0.25) is 0 Å². The molecule has 0 unspecified atom stereocenters. The van der Waals surface area contributed by atoms with Gasteiger partial charge in [0, 0.05) is 20.2 Å². The summed E-state index contributed by atoms with van der Waals surface area (Å²) in [5.41, 5.74) is 3.40. The molecule has 1 aromatic heterocycles. The normalized spacial score (nSPS) is 18.6. The van der Waals surface area contributed by atoms with Crippen LogP contribution in [0.15, 0.2) is 71.2 Å². The Balaban J connectivity index is 2.18. The van der Waals surface area contributed by atoms with E-state index in [0.717, 1.165) is 28.8 Å². The van der Waals surface area contributed by atoms with Crippen LogP contribution in [0.5, 0.6) is 0 Å². The highest BCUT2D eigenvalue weighted by atomic mass is 16.5. The summed E-state index contributed by atoms with van der Waals surface area (Å²) in [7, 11) is 3.70. The quantitative estimate of drug-likeness (QED) is 0.855. The molecule has 1 aliphatic heterocycles. The maximum absolute atomic E-state index is 12.8. The molecule has 130 valence electrons. The zero-order valence-electron chi connectivity index (χ0n) is 15.1. The second-order valence-corrected chi connectivity index (χ2v) is 5.94. The summed E-state index contributed by atoms with van der Waals surface area (Å²) in [5.74, 6) is 1.27. The predicted octanol–water partition coefficient (Wildman–Crippen LogP) is 3.81. The maximum atomic E-state index is 12.8. The third kappa shape index (κ3) is 2.71. The minimum Gasteiger partial charge on any atom is -0.439 e. The molecule has 0 radical (unpaired) electrons. The van der Waals surface area contributed by atoms with E-state index in [9.17, 15) is 4.79 Å². The number of rotatable bonds is 3. The van der Waals surface area contributed by atoms with Gasteiger partial charge in [0.05, 0.1) is 22.4 Å². The topological polar surface area (TPSA) is 39.4 Å². The van der Waals surface area contributed by atoms with Gasteiger partial charge < -0.3 is 9.64 Å². The predicted molar refractivity (Wildman–Crippen MR) is 102 cm³/mol. The summed E-state index contributed by atoms with van der Waals surface area (Å²) in [6, 6.07) is 7.75. The SMILES string of the molecule is C=C1OC(=C/C(=C\C)n2c(=O)n(C)c3ccccc32)/C(=C\CC)N1C. The number of para-hydroxylation sites is 2. The van der Waals surface area contributed by atoms with Crippen molar-refractivity contribution in [3.05, 3.63) is 76.9 Å². The average Bonchev–Trinajstić information content (AvgIpc) is 3.02. The lowest BCUT2D eigenvalue weighted by molar-refractivity contribution is 0.296. The summed E-state index contributed by atoms with van der Waals surface area (Å²) in [6.45, 7) is 7.91. The molecule has 0 N–H and O–H groups in total. The van der Waals surface area contributed by atoms with E-state index >= 15 is 0 Å². The van der Waals surface area contributed by atoms with Crippen LogP contribution >= 0.6 is 0 Å². The largest absolute Gasteiger partial charge is 0.439 e. The minimum absolute atomic E-state index is 0.0858. The van der Waals surface area contributed by atoms with Gasteiger partial charge in [-0.2, -0.15) is 0 Å². The van der Waals surface area contributed by atoms with Crippen LogP contribution in [0.25, 0.3) is 16.7 Å². The molecule has 2 heterocycles. The molecule has 2 aromatic rings. The van der Waals surface area contributed by atoms with Gasteiger partial charge in [0.1, 0.15) is 0 Å². The highest BCUT2D eigenvalue weighted by Crippen LogP contribution is 2.32. The van der Waals surface area contributed by atoms with Crippen LogP contribution in [0.3, 0.4) is 0 Å². The Labute approximate surface area is 147 Å². The molecule has 0 atom stereocenters. The molecule has 0 spiro atoms. The lowest BCUT2D eigenvalue weighted by atomic mass is 10.2. The van der Waals surface area contributed by atoms with Crippen LogP contribution in [0.1, 0.15) is 20.3 Å². The van der Waals surface area contributed by atoms with Crippen LogP contribution < -0.4 is 5.69 Å². The standard InChI is InChI=1S/C20H23N3O2/c1-6-10-18-19(25-14(3)21(18)4)13-15(7-2)23-17-12-9-8-11-16(17)22(5)20(23)24/h7-13H,3,6H2,1-2,4-5H3/b15-7+,18-10+,19-13+. The first-order valence-electron chi connectivity index (χ1n) is 8.35. The molecule has 0 amide bonds. The zero-order valence-corrected chi connectivity index (χ0v) is 15.1. The Morgan fingerprint density at radius 1 is 1.24 bits per heavy atom. The Hall–Kier alpha value is -2.95. The molecule has 1 saturated heterocycles. The van der Waals surface area contributed by atoms with Crippen molar-refractivity contribution in [2.75, 3.05) is 7.05 Å². The third-order valence-corrected chi connectivity index (χ3v) is 4.41. The number of hydrogen-bond acceptors (Lipinski definition) is 3. The van der Waals surface area contributed by atoms with Crippen molar-refractivity contribution in [1.82, 2.24) is 14.0 Å². The Bertz CT molecular complexity index is 986. The number of aromatic nitrogens is 2. The molecule has 5 nitrogen and oxygen atoms in total. The van der Waals surface area contributed by atoms with Gasteiger partial charge in [-0.05, 0) is 32.1 Å². The Kier molecular flexibility index (Phi) is 4.40. The lowest BCUT2D eigenvalue weighted by Gasteiger charge is -2.09. The second kappa shape index (κ2) is 6.51. The van der Waals surface area contributed by atoms with E-state index in [4.69, 9.17) is 4.74 Å². The fourth-order valence-corrected chi connectivity index (χ4v) is 3.04. The van der Waals surface area contributed by atoms with E-state index in [2.05, 4.69) is 19.6 Å². The van der Waals surface area contributed by atoms with Gasteiger partial charge in [-0.25, -0.2) is 4.79 Å². The molecular weight excluding hydrogens is 314 g/mol. The summed E-state index contributed by atoms with van der Waals surface area (Å²) < 4.78 is 9.17. The number of hydrogen-bond donors (Lipinski definition) is 0. The molecule has 0 bridgehead atoms. The fourth-order valence-electron chi connectivity index (χ4n) is 3.04. The molecule has 1 aliphatic rings. The van der Waals surface area contributed by atoms with E-state index in [1.165, 1.54) is 0 Å². The number of fused-ring (bicyclic) bond motifs is 1. The number of ether oxygens (including phenoxy) is 1. The van der Waals surface area contributed by atoms with Crippen molar-refractivity contribution >= 4 is 16.7 Å². The number of likely N-dealkylation sites (N-methyl/N-ethyl adjacent to an activating group) is 1. The van der Waals surface area contributed by atoms with E-state index < -0.39 is 0 Å². The second-order valence-electron chi connectivity index (χ2n) is 5.94. The van der Waals surface area contributed by atoms with Crippen molar-refractivity contribution in [1.29, 1.82) is 0 Å². The monoisotopic (exact) mass is 337 g/mol.